The first-order valence-corrected chi connectivity index (χ1v) is 10.9. The van der Waals surface area contributed by atoms with Crippen molar-refractivity contribution in [3.63, 3.8) is 0 Å². The van der Waals surface area contributed by atoms with E-state index in [1.165, 1.54) is 48.7 Å². The highest BCUT2D eigenvalue weighted by Crippen LogP contribution is 2.43. The summed E-state index contributed by atoms with van der Waals surface area (Å²) in [6.07, 6.45) is -0.888. The number of thioether (sulfide) groups is 1. The molecule has 0 aliphatic carbocycles. The van der Waals surface area contributed by atoms with Gasteiger partial charge in [0, 0.05) is 30.7 Å². The second-order valence-electron chi connectivity index (χ2n) is 7.01. The van der Waals surface area contributed by atoms with Crippen LogP contribution < -0.4 is 15.0 Å². The zero-order valence-electron chi connectivity index (χ0n) is 17.6. The Labute approximate surface area is 188 Å². The number of nitrogens with zero attached hydrogens (tertiary/aromatic N) is 4. The predicted octanol–water partition coefficient (Wildman–Crippen LogP) is 4.19. The first kappa shape index (κ1) is 21.7. The maximum absolute atomic E-state index is 14.2. The van der Waals surface area contributed by atoms with E-state index >= 15 is 0 Å². The van der Waals surface area contributed by atoms with Crippen LogP contribution >= 0.6 is 11.8 Å². The van der Waals surface area contributed by atoms with Gasteiger partial charge in [-0.2, -0.15) is 4.98 Å². The summed E-state index contributed by atoms with van der Waals surface area (Å²) >= 11 is 1.39. The van der Waals surface area contributed by atoms with Crippen LogP contribution in [0.4, 0.5) is 15.8 Å². The molecule has 3 aromatic rings. The second kappa shape index (κ2) is 8.91. The van der Waals surface area contributed by atoms with Crippen LogP contribution in [0.25, 0.3) is 11.3 Å². The molecule has 1 atom stereocenters. The molecule has 32 heavy (non-hydrogen) atoms. The molecule has 10 heteroatoms. The van der Waals surface area contributed by atoms with E-state index in [0.29, 0.717) is 27.7 Å². The van der Waals surface area contributed by atoms with Crippen molar-refractivity contribution in [2.75, 3.05) is 16.0 Å². The van der Waals surface area contributed by atoms with Crippen molar-refractivity contribution in [3.8, 4) is 17.1 Å². The van der Waals surface area contributed by atoms with Crippen LogP contribution in [-0.4, -0.2) is 32.7 Å². The van der Waals surface area contributed by atoms with Crippen molar-refractivity contribution in [1.29, 1.82) is 0 Å². The molecule has 2 heterocycles. The van der Waals surface area contributed by atoms with E-state index in [1.54, 1.807) is 24.3 Å². The maximum Gasteiger partial charge on any atom is 0.247 e. The summed E-state index contributed by atoms with van der Waals surface area (Å²) in [6.45, 7) is 4.79. The highest BCUT2D eigenvalue weighted by molar-refractivity contribution is 7.99. The zero-order valence-corrected chi connectivity index (χ0v) is 18.4. The molecule has 1 aromatic heterocycles. The number of carbonyl (C=O) groups excluding carboxylic acids is 2. The summed E-state index contributed by atoms with van der Waals surface area (Å²) in [5, 5.41) is 11.5. The Morgan fingerprint density at radius 3 is 2.56 bits per heavy atom. The normalized spacial score (nSPS) is 14.6. The topological polar surface area (TPSA) is 97.3 Å². The van der Waals surface area contributed by atoms with Gasteiger partial charge in [-0.05, 0) is 36.1 Å². The van der Waals surface area contributed by atoms with Crippen LogP contribution in [0.3, 0.4) is 0 Å². The number of anilines is 2. The van der Waals surface area contributed by atoms with Gasteiger partial charge < -0.3 is 10.1 Å². The Kier molecular flexibility index (Phi) is 6.04. The standard InChI is InChI=1S/C22H20FN5O3S/c1-4-32-22-25-20-19(26-27-22)17-11-15(23)7-10-18(17)28(13(3)30)21(31-20)14-5-8-16(9-6-14)24-12(2)29/h5-11,21H,4H2,1-3H3,(H,24,29)/t21-/m1/s1. The Morgan fingerprint density at radius 2 is 1.91 bits per heavy atom. The third-order valence-corrected chi connectivity index (χ3v) is 5.42. The quantitative estimate of drug-likeness (QED) is 0.592. The van der Waals surface area contributed by atoms with Crippen LogP contribution in [0.15, 0.2) is 47.6 Å². The lowest BCUT2D eigenvalue weighted by Gasteiger charge is -2.30. The number of benzene rings is 2. The lowest BCUT2D eigenvalue weighted by atomic mass is 10.1. The molecule has 0 bridgehead atoms. The molecule has 2 aromatic carbocycles. The molecule has 0 spiro atoms. The lowest BCUT2D eigenvalue weighted by molar-refractivity contribution is -0.118. The molecule has 0 radical (unpaired) electrons. The van der Waals surface area contributed by atoms with Gasteiger partial charge >= 0.3 is 0 Å². The Hall–Kier alpha value is -3.53. The van der Waals surface area contributed by atoms with Crippen molar-refractivity contribution in [3.05, 3.63) is 53.8 Å². The van der Waals surface area contributed by atoms with E-state index in [9.17, 15) is 14.0 Å². The van der Waals surface area contributed by atoms with Gasteiger partial charge in [-0.25, -0.2) is 4.39 Å². The number of carbonyl (C=O) groups is 2. The molecule has 0 unspecified atom stereocenters. The molecule has 0 saturated carbocycles. The molecule has 1 aliphatic heterocycles. The molecule has 1 N–H and O–H groups in total. The summed E-state index contributed by atoms with van der Waals surface area (Å²) < 4.78 is 20.4. The number of nitrogens with one attached hydrogen (secondary N) is 1. The highest BCUT2D eigenvalue weighted by atomic mass is 32.2. The number of hydrogen-bond acceptors (Lipinski definition) is 7. The fourth-order valence-corrected chi connectivity index (χ4v) is 3.92. The minimum absolute atomic E-state index is 0.155. The molecule has 1 aliphatic rings. The van der Waals surface area contributed by atoms with Crippen LogP contribution in [0.2, 0.25) is 0 Å². The summed E-state index contributed by atoms with van der Waals surface area (Å²) in [5.41, 5.74) is 2.29. The molecular weight excluding hydrogens is 433 g/mol. The molecule has 0 saturated heterocycles. The van der Waals surface area contributed by atoms with Gasteiger partial charge in [-0.3, -0.25) is 14.5 Å². The number of amides is 2. The predicted molar refractivity (Wildman–Crippen MR) is 119 cm³/mol. The van der Waals surface area contributed by atoms with Crippen LogP contribution in [0.1, 0.15) is 32.6 Å². The Morgan fingerprint density at radius 1 is 1.16 bits per heavy atom. The maximum atomic E-state index is 14.2. The summed E-state index contributed by atoms with van der Waals surface area (Å²) in [4.78, 5) is 30.0. The minimum atomic E-state index is -0.888. The van der Waals surface area contributed by atoms with Gasteiger partial charge in [-0.1, -0.05) is 30.8 Å². The lowest BCUT2D eigenvalue weighted by Crippen LogP contribution is -2.36. The van der Waals surface area contributed by atoms with Crippen LogP contribution in [-0.2, 0) is 9.59 Å². The average Bonchev–Trinajstić information content (AvgIpc) is 2.88. The van der Waals surface area contributed by atoms with Gasteiger partial charge in [-0.15, -0.1) is 10.2 Å². The number of hydrogen-bond donors (Lipinski definition) is 1. The van der Waals surface area contributed by atoms with E-state index in [-0.39, 0.29) is 23.4 Å². The third-order valence-electron chi connectivity index (χ3n) is 4.70. The van der Waals surface area contributed by atoms with E-state index < -0.39 is 12.0 Å². The summed E-state index contributed by atoms with van der Waals surface area (Å²) in [7, 11) is 0. The van der Waals surface area contributed by atoms with Gasteiger partial charge in [0.1, 0.15) is 5.82 Å². The number of fused-ring (bicyclic) bond motifs is 3. The minimum Gasteiger partial charge on any atom is -0.447 e. The van der Waals surface area contributed by atoms with Crippen LogP contribution in [0.5, 0.6) is 5.88 Å². The first-order valence-electron chi connectivity index (χ1n) is 9.88. The van der Waals surface area contributed by atoms with Crippen LogP contribution in [0, 0.1) is 5.82 Å². The largest absolute Gasteiger partial charge is 0.447 e. The zero-order chi connectivity index (χ0) is 22.8. The molecule has 4 rings (SSSR count). The van der Waals surface area contributed by atoms with Gasteiger partial charge in [0.25, 0.3) is 0 Å². The first-order chi connectivity index (χ1) is 15.4. The fourth-order valence-electron chi connectivity index (χ4n) is 3.42. The number of ether oxygens (including phenoxy) is 1. The number of aromatic nitrogens is 3. The van der Waals surface area contributed by atoms with Crippen molar-refractivity contribution < 1.29 is 18.7 Å². The highest BCUT2D eigenvalue weighted by Gasteiger charge is 2.35. The van der Waals surface area contributed by atoms with Crippen molar-refractivity contribution in [1.82, 2.24) is 15.2 Å². The number of rotatable bonds is 4. The molecular formula is C22H20FN5O3S. The molecule has 0 fully saturated rings. The second-order valence-corrected chi connectivity index (χ2v) is 8.24. The number of halogens is 1. The van der Waals surface area contributed by atoms with E-state index in [1.807, 2.05) is 6.92 Å². The van der Waals surface area contributed by atoms with E-state index in [2.05, 4.69) is 20.5 Å². The summed E-state index contributed by atoms with van der Waals surface area (Å²) in [5.74, 6) is -0.0907. The van der Waals surface area contributed by atoms with Crippen molar-refractivity contribution in [2.45, 2.75) is 32.2 Å². The van der Waals surface area contributed by atoms with Crippen molar-refractivity contribution >= 4 is 35.0 Å². The van der Waals surface area contributed by atoms with Gasteiger partial charge in [0.05, 0.1) is 5.69 Å². The smallest absolute Gasteiger partial charge is 0.247 e. The average molecular weight is 453 g/mol. The Balaban J connectivity index is 1.88. The van der Waals surface area contributed by atoms with Gasteiger partial charge in [0.2, 0.25) is 29.1 Å². The molecule has 2 amide bonds. The Bertz CT molecular complexity index is 1190. The van der Waals surface area contributed by atoms with E-state index in [0.717, 1.165) is 5.75 Å². The molecule has 164 valence electrons. The fraction of sp³-hybridized carbons (Fsp3) is 0.227. The van der Waals surface area contributed by atoms with E-state index in [4.69, 9.17) is 4.74 Å². The van der Waals surface area contributed by atoms with Crippen molar-refractivity contribution in [2.24, 2.45) is 0 Å². The summed E-state index contributed by atoms with van der Waals surface area (Å²) in [6, 6.07) is 11.0. The monoisotopic (exact) mass is 453 g/mol. The SMILES string of the molecule is CCSc1nnc2c(n1)O[C@H](c1ccc(NC(C)=O)cc1)N(C(C)=O)c1ccc(F)cc1-2. The molecule has 8 nitrogen and oxygen atoms in total. The third kappa shape index (κ3) is 4.26. The van der Waals surface area contributed by atoms with Gasteiger partial charge in [0.15, 0.2) is 5.69 Å².